The Bertz CT molecular complexity index is 296. The Morgan fingerprint density at radius 2 is 2.12 bits per heavy atom. The third-order valence-electron chi connectivity index (χ3n) is 2.08. The fourth-order valence-corrected chi connectivity index (χ4v) is 2.43. The van der Waals surface area contributed by atoms with Crippen molar-refractivity contribution >= 4 is 23.4 Å². The Labute approximate surface area is 107 Å². The van der Waals surface area contributed by atoms with Crippen LogP contribution in [-0.2, 0) is 4.74 Å². The second kappa shape index (κ2) is 8.88. The van der Waals surface area contributed by atoms with E-state index in [-0.39, 0.29) is 0 Å². The molecule has 0 aliphatic rings. The second-order valence-corrected chi connectivity index (χ2v) is 4.92. The predicted octanol–water partition coefficient (Wildman–Crippen LogP) is 3.06. The molecule has 1 N–H and O–H groups in total. The molecular formula is C12H18ClNOS. The molecule has 0 bridgehead atoms. The molecule has 2 nitrogen and oxygen atoms in total. The van der Waals surface area contributed by atoms with Gasteiger partial charge in [-0.25, -0.2) is 0 Å². The molecular weight excluding hydrogens is 242 g/mol. The second-order valence-electron chi connectivity index (χ2n) is 3.38. The molecule has 0 aliphatic heterocycles. The zero-order valence-corrected chi connectivity index (χ0v) is 11.1. The van der Waals surface area contributed by atoms with Crippen LogP contribution in [0.3, 0.4) is 0 Å². The fourth-order valence-electron chi connectivity index (χ4n) is 1.24. The van der Waals surface area contributed by atoms with Gasteiger partial charge in [0.25, 0.3) is 0 Å². The molecule has 0 unspecified atom stereocenters. The summed E-state index contributed by atoms with van der Waals surface area (Å²) >= 11 is 7.86. The van der Waals surface area contributed by atoms with Crippen molar-refractivity contribution in [2.45, 2.75) is 11.3 Å². The molecule has 0 spiro atoms. The van der Waals surface area contributed by atoms with Crippen molar-refractivity contribution in [2.75, 3.05) is 32.6 Å². The van der Waals surface area contributed by atoms with Crippen molar-refractivity contribution in [2.24, 2.45) is 0 Å². The fraction of sp³-hybridized carbons (Fsp3) is 0.500. The van der Waals surface area contributed by atoms with Crippen LogP contribution in [0.4, 0.5) is 0 Å². The van der Waals surface area contributed by atoms with E-state index in [1.165, 1.54) is 4.90 Å². The monoisotopic (exact) mass is 259 g/mol. The highest BCUT2D eigenvalue weighted by atomic mass is 35.5. The average Bonchev–Trinajstić information content (AvgIpc) is 2.30. The van der Waals surface area contributed by atoms with Crippen LogP contribution in [0.25, 0.3) is 0 Å². The lowest BCUT2D eigenvalue weighted by Crippen LogP contribution is -2.20. The van der Waals surface area contributed by atoms with Crippen LogP contribution in [-0.4, -0.2) is 32.6 Å². The van der Waals surface area contributed by atoms with Crippen molar-refractivity contribution in [1.29, 1.82) is 0 Å². The molecule has 0 aromatic heterocycles. The van der Waals surface area contributed by atoms with Gasteiger partial charge in [0.1, 0.15) is 0 Å². The van der Waals surface area contributed by atoms with Gasteiger partial charge in [-0.1, -0.05) is 23.7 Å². The summed E-state index contributed by atoms with van der Waals surface area (Å²) in [5, 5.41) is 4.16. The molecule has 0 aliphatic carbocycles. The summed E-state index contributed by atoms with van der Waals surface area (Å²) in [4.78, 5) is 1.17. The Hall–Kier alpha value is -0.220. The molecule has 1 aromatic carbocycles. The molecule has 0 heterocycles. The number of methoxy groups -OCH3 is 1. The van der Waals surface area contributed by atoms with E-state index in [0.29, 0.717) is 0 Å². The third-order valence-corrected chi connectivity index (χ3v) is 3.68. The van der Waals surface area contributed by atoms with Crippen LogP contribution in [0.1, 0.15) is 6.42 Å². The van der Waals surface area contributed by atoms with Gasteiger partial charge in [-0.3, -0.25) is 0 Å². The zero-order valence-electron chi connectivity index (χ0n) is 9.54. The van der Waals surface area contributed by atoms with Crippen LogP contribution in [0.2, 0.25) is 5.02 Å². The van der Waals surface area contributed by atoms with Gasteiger partial charge in [0.2, 0.25) is 0 Å². The highest BCUT2D eigenvalue weighted by Gasteiger charge is 1.98. The van der Waals surface area contributed by atoms with Crippen LogP contribution in [0.5, 0.6) is 0 Å². The number of thioether (sulfide) groups is 1. The maximum atomic E-state index is 6.05. The minimum atomic E-state index is 0.775. The Balaban J connectivity index is 2.05. The maximum Gasteiger partial charge on any atom is 0.0587 e. The zero-order chi connectivity index (χ0) is 11.6. The van der Waals surface area contributed by atoms with E-state index in [4.69, 9.17) is 16.3 Å². The predicted molar refractivity (Wildman–Crippen MR) is 71.5 cm³/mol. The van der Waals surface area contributed by atoms with Crippen LogP contribution in [0, 0.1) is 0 Å². The standard InChI is InChI=1S/C12H18ClNOS/c1-15-9-8-14-7-4-10-16-12-6-3-2-5-11(12)13/h2-3,5-6,14H,4,7-10H2,1H3. The smallest absolute Gasteiger partial charge is 0.0587 e. The minimum absolute atomic E-state index is 0.775. The summed E-state index contributed by atoms with van der Waals surface area (Å²) in [6.45, 7) is 2.73. The van der Waals surface area contributed by atoms with Gasteiger partial charge in [0.05, 0.1) is 11.6 Å². The van der Waals surface area contributed by atoms with Crippen LogP contribution in [0.15, 0.2) is 29.2 Å². The summed E-state index contributed by atoms with van der Waals surface area (Å²) in [6, 6.07) is 7.97. The molecule has 0 fully saturated rings. The van der Waals surface area contributed by atoms with Crippen molar-refractivity contribution in [3.63, 3.8) is 0 Å². The lowest BCUT2D eigenvalue weighted by atomic mass is 10.4. The van der Waals surface area contributed by atoms with Gasteiger partial charge in [-0.2, -0.15) is 0 Å². The van der Waals surface area contributed by atoms with Gasteiger partial charge >= 0.3 is 0 Å². The van der Waals surface area contributed by atoms with Crippen molar-refractivity contribution in [1.82, 2.24) is 5.32 Å². The van der Waals surface area contributed by atoms with E-state index >= 15 is 0 Å². The summed E-state index contributed by atoms with van der Waals surface area (Å²) < 4.78 is 4.95. The molecule has 0 amide bonds. The van der Waals surface area contributed by atoms with Crippen LogP contribution < -0.4 is 5.32 Å². The molecule has 16 heavy (non-hydrogen) atoms. The molecule has 4 heteroatoms. The summed E-state index contributed by atoms with van der Waals surface area (Å²) in [5.41, 5.74) is 0. The molecule has 90 valence electrons. The molecule has 0 atom stereocenters. The van der Waals surface area contributed by atoms with E-state index in [2.05, 4.69) is 11.4 Å². The van der Waals surface area contributed by atoms with Gasteiger partial charge in [-0.05, 0) is 30.9 Å². The van der Waals surface area contributed by atoms with E-state index in [1.807, 2.05) is 30.0 Å². The van der Waals surface area contributed by atoms with E-state index in [9.17, 15) is 0 Å². The lowest BCUT2D eigenvalue weighted by molar-refractivity contribution is 0.199. The Morgan fingerprint density at radius 1 is 1.31 bits per heavy atom. The van der Waals surface area contributed by atoms with Crippen LogP contribution >= 0.6 is 23.4 Å². The van der Waals surface area contributed by atoms with Gasteiger partial charge in [-0.15, -0.1) is 11.8 Å². The van der Waals surface area contributed by atoms with E-state index in [0.717, 1.165) is 36.9 Å². The number of halogens is 1. The van der Waals surface area contributed by atoms with Crippen molar-refractivity contribution in [3.8, 4) is 0 Å². The van der Waals surface area contributed by atoms with Gasteiger partial charge in [0.15, 0.2) is 0 Å². The van der Waals surface area contributed by atoms with Crippen molar-refractivity contribution in [3.05, 3.63) is 29.3 Å². The van der Waals surface area contributed by atoms with Gasteiger partial charge in [0, 0.05) is 18.6 Å². The molecule has 1 rings (SSSR count). The third kappa shape index (κ3) is 5.75. The highest BCUT2D eigenvalue weighted by molar-refractivity contribution is 7.99. The summed E-state index contributed by atoms with van der Waals surface area (Å²) in [5.74, 6) is 1.09. The number of rotatable bonds is 8. The first-order valence-electron chi connectivity index (χ1n) is 5.41. The molecule has 0 saturated heterocycles. The first-order chi connectivity index (χ1) is 7.84. The number of nitrogens with one attached hydrogen (secondary N) is 1. The first-order valence-corrected chi connectivity index (χ1v) is 6.78. The number of ether oxygens (including phenoxy) is 1. The molecule has 0 saturated carbocycles. The van der Waals surface area contributed by atoms with E-state index in [1.54, 1.807) is 7.11 Å². The lowest BCUT2D eigenvalue weighted by Gasteiger charge is -2.05. The highest BCUT2D eigenvalue weighted by Crippen LogP contribution is 2.26. The maximum absolute atomic E-state index is 6.05. The summed E-state index contributed by atoms with van der Waals surface area (Å²) in [6.07, 6.45) is 1.14. The number of hydrogen-bond donors (Lipinski definition) is 1. The normalized spacial score (nSPS) is 10.6. The largest absolute Gasteiger partial charge is 0.383 e. The SMILES string of the molecule is COCCNCCCSc1ccccc1Cl. The Morgan fingerprint density at radius 3 is 2.88 bits per heavy atom. The minimum Gasteiger partial charge on any atom is -0.383 e. The topological polar surface area (TPSA) is 21.3 Å². The quantitative estimate of drug-likeness (QED) is 0.573. The number of benzene rings is 1. The first kappa shape index (κ1) is 13.8. The Kier molecular flexibility index (Phi) is 7.68. The summed E-state index contributed by atoms with van der Waals surface area (Å²) in [7, 11) is 1.72. The van der Waals surface area contributed by atoms with Gasteiger partial charge < -0.3 is 10.1 Å². The molecule has 1 aromatic rings. The number of hydrogen-bond acceptors (Lipinski definition) is 3. The van der Waals surface area contributed by atoms with Crippen molar-refractivity contribution < 1.29 is 4.74 Å². The molecule has 0 radical (unpaired) electrons. The van der Waals surface area contributed by atoms with E-state index < -0.39 is 0 Å². The average molecular weight is 260 g/mol.